The smallest absolute Gasteiger partial charge is 0.118 e. The lowest BCUT2D eigenvalue weighted by atomic mass is 10.1. The molecule has 0 spiro atoms. The molecule has 0 amide bonds. The van der Waals surface area contributed by atoms with Crippen LogP contribution in [0.4, 0.5) is 0 Å². The minimum atomic E-state index is 0.451. The molecule has 0 aliphatic heterocycles. The van der Waals surface area contributed by atoms with E-state index in [0.29, 0.717) is 5.92 Å². The van der Waals surface area contributed by atoms with Crippen molar-refractivity contribution in [3.05, 3.63) is 60.2 Å². The Kier molecular flexibility index (Phi) is 3.03. The Morgan fingerprint density at radius 3 is 2.33 bits per heavy atom. The van der Waals surface area contributed by atoms with Crippen LogP contribution in [-0.4, -0.2) is 7.11 Å². The highest BCUT2D eigenvalue weighted by Crippen LogP contribution is 2.15. The maximum atomic E-state index is 5.10. The number of methoxy groups -OCH3 is 1. The van der Waals surface area contributed by atoms with Crippen molar-refractivity contribution in [2.24, 2.45) is 5.92 Å². The lowest BCUT2D eigenvalue weighted by molar-refractivity contribution is 0.415. The van der Waals surface area contributed by atoms with Gasteiger partial charge in [0.25, 0.3) is 0 Å². The molecule has 1 aromatic carbocycles. The van der Waals surface area contributed by atoms with Gasteiger partial charge in [-0.05, 0) is 17.7 Å². The number of rotatable bonds is 3. The highest BCUT2D eigenvalue weighted by atomic mass is 16.5. The zero-order valence-corrected chi connectivity index (χ0v) is 8.76. The summed E-state index contributed by atoms with van der Waals surface area (Å²) in [5.74, 6) is 1.35. The first-order chi connectivity index (χ1) is 7.38. The van der Waals surface area contributed by atoms with E-state index in [1.165, 1.54) is 5.56 Å². The van der Waals surface area contributed by atoms with Crippen LogP contribution in [0.1, 0.15) is 5.56 Å². The van der Waals surface area contributed by atoms with Gasteiger partial charge in [-0.2, -0.15) is 0 Å². The van der Waals surface area contributed by atoms with Crippen LogP contribution in [-0.2, 0) is 0 Å². The maximum absolute atomic E-state index is 5.10. The van der Waals surface area contributed by atoms with Crippen molar-refractivity contribution >= 4 is 6.08 Å². The first-order valence-corrected chi connectivity index (χ1v) is 5.06. The molecule has 0 heterocycles. The molecule has 1 nitrogen and oxygen atoms in total. The quantitative estimate of drug-likeness (QED) is 0.722. The van der Waals surface area contributed by atoms with Crippen LogP contribution in [0.5, 0.6) is 5.75 Å². The predicted molar refractivity (Wildman–Crippen MR) is 63.8 cm³/mol. The number of hydrogen-bond acceptors (Lipinski definition) is 1. The average Bonchev–Trinajstić information content (AvgIpc) is 2.80. The summed E-state index contributed by atoms with van der Waals surface area (Å²) in [7, 11) is 1.68. The van der Waals surface area contributed by atoms with Gasteiger partial charge in [-0.3, -0.25) is 0 Å². The van der Waals surface area contributed by atoms with Crippen LogP contribution >= 0.6 is 0 Å². The Bertz CT molecular complexity index is 384. The summed E-state index contributed by atoms with van der Waals surface area (Å²) < 4.78 is 5.10. The Hall–Kier alpha value is -1.76. The third-order valence-electron chi connectivity index (χ3n) is 2.40. The van der Waals surface area contributed by atoms with E-state index in [1.54, 1.807) is 7.11 Å². The minimum absolute atomic E-state index is 0.451. The molecule has 0 aromatic heterocycles. The van der Waals surface area contributed by atoms with Gasteiger partial charge < -0.3 is 4.74 Å². The van der Waals surface area contributed by atoms with Gasteiger partial charge in [0.05, 0.1) is 7.11 Å². The van der Waals surface area contributed by atoms with Gasteiger partial charge in [0.1, 0.15) is 5.75 Å². The molecule has 0 N–H and O–H groups in total. The second kappa shape index (κ2) is 4.65. The molecular formula is C14H14O. The highest BCUT2D eigenvalue weighted by molar-refractivity contribution is 5.52. The zero-order chi connectivity index (χ0) is 10.5. The van der Waals surface area contributed by atoms with E-state index in [2.05, 4.69) is 48.6 Å². The van der Waals surface area contributed by atoms with Crippen LogP contribution < -0.4 is 4.74 Å². The fraction of sp³-hybridized carbons (Fsp3) is 0.143. The van der Waals surface area contributed by atoms with Crippen molar-refractivity contribution in [2.45, 2.75) is 0 Å². The molecule has 2 rings (SSSR count). The van der Waals surface area contributed by atoms with Crippen LogP contribution in [0.2, 0.25) is 0 Å². The van der Waals surface area contributed by atoms with Gasteiger partial charge in [-0.15, -0.1) is 0 Å². The number of allylic oxidation sites excluding steroid dienone is 5. The lowest BCUT2D eigenvalue weighted by Gasteiger charge is -2.00. The van der Waals surface area contributed by atoms with E-state index in [1.807, 2.05) is 12.1 Å². The standard InChI is InChI=1S/C14H14O/c1-15-14-10-8-13(9-11-14)7-6-12-4-2-3-5-12/h2-12H,1H3/b7-6+. The second-order valence-corrected chi connectivity index (χ2v) is 3.48. The second-order valence-electron chi connectivity index (χ2n) is 3.48. The summed E-state index contributed by atoms with van der Waals surface area (Å²) in [5.41, 5.74) is 1.20. The lowest BCUT2D eigenvalue weighted by Crippen LogP contribution is -1.83. The molecule has 1 heteroatoms. The summed E-state index contributed by atoms with van der Waals surface area (Å²) in [4.78, 5) is 0. The Morgan fingerprint density at radius 2 is 1.73 bits per heavy atom. The molecule has 1 aliphatic carbocycles. The molecule has 0 saturated carbocycles. The summed E-state index contributed by atoms with van der Waals surface area (Å²) in [6, 6.07) is 8.05. The van der Waals surface area contributed by atoms with Gasteiger partial charge >= 0.3 is 0 Å². The normalized spacial score (nSPS) is 15.3. The molecule has 76 valence electrons. The van der Waals surface area contributed by atoms with Gasteiger partial charge in [-0.1, -0.05) is 48.6 Å². The third-order valence-corrected chi connectivity index (χ3v) is 2.40. The minimum Gasteiger partial charge on any atom is -0.497 e. The molecule has 0 fully saturated rings. The van der Waals surface area contributed by atoms with E-state index in [0.717, 1.165) is 5.75 Å². The van der Waals surface area contributed by atoms with Gasteiger partial charge in [-0.25, -0.2) is 0 Å². The Morgan fingerprint density at radius 1 is 1.07 bits per heavy atom. The topological polar surface area (TPSA) is 9.23 Å². The fourth-order valence-corrected chi connectivity index (χ4v) is 1.51. The molecule has 0 unspecified atom stereocenters. The van der Waals surface area contributed by atoms with Crippen LogP contribution in [0.25, 0.3) is 6.08 Å². The van der Waals surface area contributed by atoms with Crippen molar-refractivity contribution in [3.63, 3.8) is 0 Å². The molecule has 0 radical (unpaired) electrons. The average molecular weight is 198 g/mol. The summed E-state index contributed by atoms with van der Waals surface area (Å²) in [6.45, 7) is 0. The predicted octanol–water partition coefficient (Wildman–Crippen LogP) is 3.45. The summed E-state index contributed by atoms with van der Waals surface area (Å²) in [6.07, 6.45) is 12.8. The van der Waals surface area contributed by atoms with Crippen LogP contribution in [0.15, 0.2) is 54.6 Å². The zero-order valence-electron chi connectivity index (χ0n) is 8.76. The molecule has 1 aliphatic rings. The molecule has 15 heavy (non-hydrogen) atoms. The first kappa shape index (κ1) is 9.78. The van der Waals surface area contributed by atoms with Crippen molar-refractivity contribution in [3.8, 4) is 5.75 Å². The molecule has 0 atom stereocenters. The largest absolute Gasteiger partial charge is 0.497 e. The third kappa shape index (κ3) is 2.59. The van der Waals surface area contributed by atoms with Crippen molar-refractivity contribution < 1.29 is 4.74 Å². The summed E-state index contributed by atoms with van der Waals surface area (Å²) in [5, 5.41) is 0. The van der Waals surface area contributed by atoms with E-state index < -0.39 is 0 Å². The van der Waals surface area contributed by atoms with Crippen LogP contribution in [0, 0.1) is 5.92 Å². The molecular weight excluding hydrogens is 184 g/mol. The number of hydrogen-bond donors (Lipinski definition) is 0. The Labute approximate surface area is 90.4 Å². The number of benzene rings is 1. The van der Waals surface area contributed by atoms with Crippen molar-refractivity contribution in [1.82, 2.24) is 0 Å². The van der Waals surface area contributed by atoms with Crippen molar-refractivity contribution in [1.29, 1.82) is 0 Å². The molecule has 1 aromatic rings. The van der Waals surface area contributed by atoms with E-state index >= 15 is 0 Å². The van der Waals surface area contributed by atoms with E-state index in [9.17, 15) is 0 Å². The molecule has 0 bridgehead atoms. The first-order valence-electron chi connectivity index (χ1n) is 5.06. The SMILES string of the molecule is COc1ccc(/C=C/C2C=CC=C2)cc1. The monoisotopic (exact) mass is 198 g/mol. The fourth-order valence-electron chi connectivity index (χ4n) is 1.51. The van der Waals surface area contributed by atoms with Crippen molar-refractivity contribution in [2.75, 3.05) is 7.11 Å². The van der Waals surface area contributed by atoms with E-state index in [-0.39, 0.29) is 0 Å². The molecule has 0 saturated heterocycles. The Balaban J connectivity index is 2.04. The summed E-state index contributed by atoms with van der Waals surface area (Å²) >= 11 is 0. The number of ether oxygens (including phenoxy) is 1. The van der Waals surface area contributed by atoms with E-state index in [4.69, 9.17) is 4.74 Å². The van der Waals surface area contributed by atoms with Gasteiger partial charge in [0, 0.05) is 5.92 Å². The van der Waals surface area contributed by atoms with Crippen LogP contribution in [0.3, 0.4) is 0 Å². The van der Waals surface area contributed by atoms with Gasteiger partial charge in [0.15, 0.2) is 0 Å². The maximum Gasteiger partial charge on any atom is 0.118 e. The highest BCUT2D eigenvalue weighted by Gasteiger charge is 1.97. The van der Waals surface area contributed by atoms with Gasteiger partial charge in [0.2, 0.25) is 0 Å².